The summed E-state index contributed by atoms with van der Waals surface area (Å²) < 4.78 is 0. The van der Waals surface area contributed by atoms with E-state index in [-0.39, 0.29) is 5.91 Å². The van der Waals surface area contributed by atoms with E-state index in [0.717, 1.165) is 0 Å². The van der Waals surface area contributed by atoms with Crippen LogP contribution in [0.3, 0.4) is 0 Å². The summed E-state index contributed by atoms with van der Waals surface area (Å²) in [6, 6.07) is 3.81. The van der Waals surface area contributed by atoms with Crippen LogP contribution in [0.4, 0.5) is 5.69 Å². The molecule has 0 radical (unpaired) electrons. The molecule has 1 aromatic rings. The van der Waals surface area contributed by atoms with E-state index < -0.39 is 0 Å². The van der Waals surface area contributed by atoms with Crippen molar-refractivity contribution < 1.29 is 4.79 Å². The Kier molecular flexibility index (Phi) is 2.50. The Morgan fingerprint density at radius 2 is 2.00 bits per heavy atom. The Morgan fingerprint density at radius 1 is 1.35 bits per heavy atom. The number of pyridine rings is 1. The second-order valence-corrected chi connectivity index (χ2v) is 5.12. The van der Waals surface area contributed by atoms with E-state index in [0.29, 0.717) is 29.3 Å². The molecule has 0 aliphatic heterocycles. The summed E-state index contributed by atoms with van der Waals surface area (Å²) in [7, 11) is 0. The number of hydrogen-bond donors (Lipinski definition) is 2. The van der Waals surface area contributed by atoms with Crippen LogP contribution < -0.4 is 11.1 Å². The van der Waals surface area contributed by atoms with Gasteiger partial charge in [0.05, 0.1) is 5.69 Å². The summed E-state index contributed by atoms with van der Waals surface area (Å²) in [6.07, 6.45) is 6.60. The molecule has 0 bridgehead atoms. The van der Waals surface area contributed by atoms with Crippen molar-refractivity contribution in [2.24, 2.45) is 11.8 Å². The van der Waals surface area contributed by atoms with Crippen molar-refractivity contribution in [3.05, 3.63) is 24.0 Å². The first-order chi connectivity index (χ1) is 8.25. The highest BCUT2D eigenvalue weighted by Crippen LogP contribution is 2.44. The minimum Gasteiger partial charge on any atom is -0.397 e. The molecular formula is C13H17N3O. The predicted molar refractivity (Wildman–Crippen MR) is 65.4 cm³/mol. The van der Waals surface area contributed by atoms with Crippen LogP contribution in [0.2, 0.25) is 0 Å². The van der Waals surface area contributed by atoms with Crippen LogP contribution >= 0.6 is 0 Å². The van der Waals surface area contributed by atoms with E-state index in [4.69, 9.17) is 5.73 Å². The number of amides is 1. The number of nitrogens with two attached hydrogens (primary N) is 1. The van der Waals surface area contributed by atoms with E-state index in [1.54, 1.807) is 18.3 Å². The molecule has 17 heavy (non-hydrogen) atoms. The fraction of sp³-hybridized carbons (Fsp3) is 0.538. The molecule has 1 aromatic heterocycles. The van der Waals surface area contributed by atoms with Gasteiger partial charge in [-0.25, -0.2) is 4.98 Å². The number of aromatic nitrogens is 1. The van der Waals surface area contributed by atoms with Gasteiger partial charge in [0.25, 0.3) is 5.91 Å². The number of nitrogens with zero attached hydrogens (tertiary/aromatic N) is 1. The fourth-order valence-corrected chi connectivity index (χ4v) is 2.36. The maximum atomic E-state index is 12.1. The molecule has 1 heterocycles. The highest BCUT2D eigenvalue weighted by molar-refractivity contribution is 5.97. The number of nitrogen functional groups attached to an aromatic ring is 1. The highest BCUT2D eigenvalue weighted by atomic mass is 16.2. The van der Waals surface area contributed by atoms with Crippen LogP contribution in [0.1, 0.15) is 36.2 Å². The van der Waals surface area contributed by atoms with Crippen LogP contribution in [0.5, 0.6) is 0 Å². The van der Waals surface area contributed by atoms with Crippen LogP contribution in [-0.2, 0) is 0 Å². The van der Waals surface area contributed by atoms with Crippen LogP contribution in [0.15, 0.2) is 18.3 Å². The van der Waals surface area contributed by atoms with Crippen LogP contribution in [-0.4, -0.2) is 16.9 Å². The normalized spacial score (nSPS) is 19.4. The van der Waals surface area contributed by atoms with E-state index in [1.807, 2.05) is 0 Å². The summed E-state index contributed by atoms with van der Waals surface area (Å²) in [5.74, 6) is 1.26. The molecule has 90 valence electrons. The molecule has 2 saturated carbocycles. The largest absolute Gasteiger partial charge is 0.397 e. The molecule has 2 aliphatic rings. The fourth-order valence-electron chi connectivity index (χ4n) is 2.36. The van der Waals surface area contributed by atoms with Gasteiger partial charge in [-0.2, -0.15) is 0 Å². The topological polar surface area (TPSA) is 68.0 Å². The SMILES string of the molecule is Nc1cccnc1C(=O)NC(C1CC1)C1CC1. The summed E-state index contributed by atoms with van der Waals surface area (Å²) >= 11 is 0. The second-order valence-electron chi connectivity index (χ2n) is 5.12. The minimum atomic E-state index is -0.119. The minimum absolute atomic E-state index is 0.119. The number of carbonyl (C=O) groups is 1. The molecule has 0 spiro atoms. The third-order valence-electron chi connectivity index (χ3n) is 3.61. The lowest BCUT2D eigenvalue weighted by Crippen LogP contribution is -2.38. The van der Waals surface area contributed by atoms with Gasteiger partial charge < -0.3 is 11.1 Å². The predicted octanol–water partition coefficient (Wildman–Crippen LogP) is 1.58. The maximum absolute atomic E-state index is 12.1. The Morgan fingerprint density at radius 3 is 2.53 bits per heavy atom. The molecule has 1 amide bonds. The molecule has 0 aromatic carbocycles. The van der Waals surface area contributed by atoms with Crippen molar-refractivity contribution >= 4 is 11.6 Å². The van der Waals surface area contributed by atoms with Gasteiger partial charge in [0.2, 0.25) is 0 Å². The molecular weight excluding hydrogens is 214 g/mol. The zero-order valence-corrected chi connectivity index (χ0v) is 9.73. The molecule has 4 nitrogen and oxygen atoms in total. The Bertz CT molecular complexity index is 426. The number of anilines is 1. The molecule has 2 fully saturated rings. The van der Waals surface area contributed by atoms with E-state index in [2.05, 4.69) is 10.3 Å². The van der Waals surface area contributed by atoms with Gasteiger partial charge in [-0.05, 0) is 49.7 Å². The summed E-state index contributed by atoms with van der Waals surface area (Å²) in [4.78, 5) is 16.1. The number of carbonyl (C=O) groups excluding carboxylic acids is 1. The lowest BCUT2D eigenvalue weighted by atomic mass is 10.1. The molecule has 4 heteroatoms. The summed E-state index contributed by atoms with van der Waals surface area (Å²) in [5.41, 5.74) is 6.57. The molecule has 3 N–H and O–H groups in total. The van der Waals surface area contributed by atoms with Crippen molar-refractivity contribution in [3.8, 4) is 0 Å². The van der Waals surface area contributed by atoms with Crippen molar-refractivity contribution in [2.45, 2.75) is 31.7 Å². The second kappa shape index (κ2) is 4.02. The first kappa shape index (κ1) is 10.6. The van der Waals surface area contributed by atoms with Crippen molar-refractivity contribution in [1.82, 2.24) is 10.3 Å². The van der Waals surface area contributed by atoms with Crippen LogP contribution in [0.25, 0.3) is 0 Å². The number of rotatable bonds is 4. The highest BCUT2D eigenvalue weighted by Gasteiger charge is 2.42. The monoisotopic (exact) mass is 231 g/mol. The zero-order valence-electron chi connectivity index (χ0n) is 9.73. The Labute approximate surface area is 101 Å². The maximum Gasteiger partial charge on any atom is 0.272 e. The van der Waals surface area contributed by atoms with Gasteiger partial charge in [-0.3, -0.25) is 4.79 Å². The summed E-state index contributed by atoms with van der Waals surface area (Å²) in [6.45, 7) is 0. The third-order valence-corrected chi connectivity index (χ3v) is 3.61. The van der Waals surface area contributed by atoms with Gasteiger partial charge in [0.1, 0.15) is 0 Å². The quantitative estimate of drug-likeness (QED) is 0.826. The van der Waals surface area contributed by atoms with Crippen molar-refractivity contribution in [3.63, 3.8) is 0 Å². The Balaban J connectivity index is 1.71. The lowest BCUT2D eigenvalue weighted by Gasteiger charge is -2.17. The molecule has 0 atom stereocenters. The van der Waals surface area contributed by atoms with Gasteiger partial charge in [0.15, 0.2) is 5.69 Å². The Hall–Kier alpha value is -1.58. The van der Waals surface area contributed by atoms with Crippen molar-refractivity contribution in [1.29, 1.82) is 0 Å². The first-order valence-corrected chi connectivity index (χ1v) is 6.27. The van der Waals surface area contributed by atoms with E-state index in [9.17, 15) is 4.79 Å². The molecule has 0 saturated heterocycles. The molecule has 0 unspecified atom stereocenters. The molecule has 3 rings (SSSR count). The average molecular weight is 231 g/mol. The van der Waals surface area contributed by atoms with Crippen LogP contribution in [0, 0.1) is 11.8 Å². The third kappa shape index (κ3) is 2.25. The smallest absolute Gasteiger partial charge is 0.272 e. The zero-order chi connectivity index (χ0) is 11.8. The van der Waals surface area contributed by atoms with Crippen molar-refractivity contribution in [2.75, 3.05) is 5.73 Å². The van der Waals surface area contributed by atoms with E-state index in [1.165, 1.54) is 25.7 Å². The lowest BCUT2D eigenvalue weighted by molar-refractivity contribution is 0.0922. The van der Waals surface area contributed by atoms with Gasteiger partial charge in [-0.15, -0.1) is 0 Å². The standard InChI is InChI=1S/C13H17N3O/c14-10-2-1-7-15-12(10)13(17)16-11(8-3-4-8)9-5-6-9/h1-2,7-9,11H,3-6,14H2,(H,16,17). The van der Waals surface area contributed by atoms with Gasteiger partial charge >= 0.3 is 0 Å². The van der Waals surface area contributed by atoms with Gasteiger partial charge in [0, 0.05) is 12.2 Å². The van der Waals surface area contributed by atoms with E-state index >= 15 is 0 Å². The number of hydrogen-bond acceptors (Lipinski definition) is 3. The summed E-state index contributed by atoms with van der Waals surface area (Å²) in [5, 5.41) is 3.12. The first-order valence-electron chi connectivity index (χ1n) is 6.27. The number of nitrogens with one attached hydrogen (secondary N) is 1. The van der Waals surface area contributed by atoms with Gasteiger partial charge in [-0.1, -0.05) is 0 Å². The average Bonchev–Trinajstić information content (AvgIpc) is 3.16. The molecule has 2 aliphatic carbocycles.